The van der Waals surface area contributed by atoms with E-state index in [0.717, 1.165) is 12.0 Å². The van der Waals surface area contributed by atoms with Crippen molar-refractivity contribution in [1.29, 1.82) is 0 Å². The molecule has 1 saturated carbocycles. The van der Waals surface area contributed by atoms with Gasteiger partial charge in [0.1, 0.15) is 5.82 Å². The van der Waals surface area contributed by atoms with Gasteiger partial charge in [-0.3, -0.25) is 4.79 Å². The van der Waals surface area contributed by atoms with Gasteiger partial charge in [0.25, 0.3) is 0 Å². The maximum atomic E-state index is 12.8. The summed E-state index contributed by atoms with van der Waals surface area (Å²) in [6.45, 7) is 3.84. The average Bonchev–Trinajstić information content (AvgIpc) is 2.88. The largest absolute Gasteiger partial charge is 0.326 e. The van der Waals surface area contributed by atoms with Crippen molar-refractivity contribution in [3.63, 3.8) is 0 Å². The van der Waals surface area contributed by atoms with E-state index in [-0.39, 0.29) is 17.6 Å². The van der Waals surface area contributed by atoms with Gasteiger partial charge in [-0.25, -0.2) is 4.39 Å². The highest BCUT2D eigenvalue weighted by Gasteiger charge is 2.39. The third kappa shape index (κ3) is 2.17. The smallest absolute Gasteiger partial charge is 0.227 e. The fourth-order valence-corrected chi connectivity index (χ4v) is 1.68. The fourth-order valence-electron chi connectivity index (χ4n) is 1.68. The number of halogens is 1. The standard InChI is InChI=1S/C12H14FNO/c1-7-6-10(7)12(15)14-11-4-3-9(13)5-8(11)2/h3-5,7,10H,6H2,1-2H3,(H,14,15)/t7-,10+/m1/s1. The topological polar surface area (TPSA) is 29.1 Å². The molecule has 0 bridgehead atoms. The second-order valence-corrected chi connectivity index (χ2v) is 4.27. The van der Waals surface area contributed by atoms with Gasteiger partial charge in [-0.15, -0.1) is 0 Å². The number of aryl methyl sites for hydroxylation is 1. The molecule has 1 aliphatic rings. The SMILES string of the molecule is Cc1cc(F)ccc1NC(=O)[C@H]1C[C@H]1C. The van der Waals surface area contributed by atoms with E-state index in [1.54, 1.807) is 13.0 Å². The zero-order valence-corrected chi connectivity index (χ0v) is 8.88. The molecule has 0 spiro atoms. The Morgan fingerprint density at radius 1 is 1.53 bits per heavy atom. The molecule has 1 N–H and O–H groups in total. The van der Waals surface area contributed by atoms with E-state index in [1.165, 1.54) is 12.1 Å². The van der Waals surface area contributed by atoms with Crippen LogP contribution in [0.25, 0.3) is 0 Å². The Bertz CT molecular complexity index is 403. The zero-order valence-electron chi connectivity index (χ0n) is 8.88. The minimum Gasteiger partial charge on any atom is -0.326 e. The van der Waals surface area contributed by atoms with Crippen molar-refractivity contribution in [3.05, 3.63) is 29.6 Å². The van der Waals surface area contributed by atoms with Gasteiger partial charge in [0.2, 0.25) is 5.91 Å². The lowest BCUT2D eigenvalue weighted by Crippen LogP contribution is -2.15. The maximum absolute atomic E-state index is 12.8. The van der Waals surface area contributed by atoms with E-state index < -0.39 is 0 Å². The molecular weight excluding hydrogens is 193 g/mol. The Labute approximate surface area is 88.5 Å². The first kappa shape index (κ1) is 10.1. The van der Waals surface area contributed by atoms with Crippen molar-refractivity contribution in [3.8, 4) is 0 Å². The molecule has 0 heterocycles. The van der Waals surface area contributed by atoms with Crippen molar-refractivity contribution in [2.75, 3.05) is 5.32 Å². The predicted molar refractivity (Wildman–Crippen MR) is 57.0 cm³/mol. The summed E-state index contributed by atoms with van der Waals surface area (Å²) in [6, 6.07) is 4.39. The van der Waals surface area contributed by atoms with Gasteiger partial charge in [-0.1, -0.05) is 6.92 Å². The molecule has 1 aromatic carbocycles. The van der Waals surface area contributed by atoms with Crippen LogP contribution in [0.5, 0.6) is 0 Å². The van der Waals surface area contributed by atoms with E-state index in [4.69, 9.17) is 0 Å². The first-order chi connectivity index (χ1) is 7.08. The summed E-state index contributed by atoms with van der Waals surface area (Å²) >= 11 is 0. The molecule has 0 unspecified atom stereocenters. The van der Waals surface area contributed by atoms with Gasteiger partial charge in [-0.2, -0.15) is 0 Å². The molecule has 80 valence electrons. The maximum Gasteiger partial charge on any atom is 0.227 e. The van der Waals surface area contributed by atoms with Crippen molar-refractivity contribution in [1.82, 2.24) is 0 Å². The molecule has 3 heteroatoms. The lowest BCUT2D eigenvalue weighted by molar-refractivity contribution is -0.117. The molecule has 2 nitrogen and oxygen atoms in total. The molecule has 0 aliphatic heterocycles. The third-order valence-corrected chi connectivity index (χ3v) is 2.89. The lowest BCUT2D eigenvalue weighted by Gasteiger charge is -2.07. The normalized spacial score (nSPS) is 23.7. The number of anilines is 1. The Balaban J connectivity index is 2.07. The highest BCUT2D eigenvalue weighted by atomic mass is 19.1. The highest BCUT2D eigenvalue weighted by molar-refractivity contribution is 5.94. The Hall–Kier alpha value is -1.38. The van der Waals surface area contributed by atoms with Crippen molar-refractivity contribution in [2.45, 2.75) is 20.3 Å². The van der Waals surface area contributed by atoms with Gasteiger partial charge in [0.15, 0.2) is 0 Å². The molecule has 2 rings (SSSR count). The number of rotatable bonds is 2. The fraction of sp³-hybridized carbons (Fsp3) is 0.417. The van der Waals surface area contributed by atoms with Gasteiger partial charge >= 0.3 is 0 Å². The zero-order chi connectivity index (χ0) is 11.0. The summed E-state index contributed by atoms with van der Waals surface area (Å²) < 4.78 is 12.8. The van der Waals surface area contributed by atoms with Crippen LogP contribution >= 0.6 is 0 Å². The molecule has 1 amide bonds. The number of hydrogen-bond acceptors (Lipinski definition) is 1. The van der Waals surface area contributed by atoms with E-state index in [9.17, 15) is 9.18 Å². The minimum absolute atomic E-state index is 0.0530. The van der Waals surface area contributed by atoms with Crippen LogP contribution in [0.2, 0.25) is 0 Å². The molecule has 0 radical (unpaired) electrons. The van der Waals surface area contributed by atoms with Crippen LogP contribution in [0.1, 0.15) is 18.9 Å². The first-order valence-corrected chi connectivity index (χ1v) is 5.15. The number of carbonyl (C=O) groups is 1. The van der Waals surface area contributed by atoms with E-state index in [2.05, 4.69) is 12.2 Å². The predicted octanol–water partition coefficient (Wildman–Crippen LogP) is 2.73. The summed E-state index contributed by atoms with van der Waals surface area (Å²) in [5, 5.41) is 2.82. The summed E-state index contributed by atoms with van der Waals surface area (Å²) in [6.07, 6.45) is 0.964. The quantitative estimate of drug-likeness (QED) is 0.793. The molecule has 15 heavy (non-hydrogen) atoms. The van der Waals surface area contributed by atoms with Gasteiger partial charge < -0.3 is 5.32 Å². The molecule has 0 saturated heterocycles. The Kier molecular flexibility index (Phi) is 2.47. The number of hydrogen-bond donors (Lipinski definition) is 1. The first-order valence-electron chi connectivity index (χ1n) is 5.15. The summed E-state index contributed by atoms with van der Waals surface area (Å²) in [7, 11) is 0. The Morgan fingerprint density at radius 3 is 2.73 bits per heavy atom. The van der Waals surface area contributed by atoms with Crippen molar-refractivity contribution in [2.24, 2.45) is 11.8 Å². The summed E-state index contributed by atoms with van der Waals surface area (Å²) in [5.41, 5.74) is 1.47. The number of amides is 1. The van der Waals surface area contributed by atoms with Crippen LogP contribution in [0.4, 0.5) is 10.1 Å². The van der Waals surface area contributed by atoms with Gasteiger partial charge in [0, 0.05) is 11.6 Å². The second kappa shape index (κ2) is 3.65. The van der Waals surface area contributed by atoms with E-state index >= 15 is 0 Å². The summed E-state index contributed by atoms with van der Waals surface area (Å²) in [5.74, 6) is 0.419. The van der Waals surface area contributed by atoms with Gasteiger partial charge in [-0.05, 0) is 43.0 Å². The molecule has 1 fully saturated rings. The van der Waals surface area contributed by atoms with Crippen LogP contribution < -0.4 is 5.32 Å². The van der Waals surface area contributed by atoms with Crippen LogP contribution in [-0.4, -0.2) is 5.91 Å². The van der Waals surface area contributed by atoms with Crippen LogP contribution in [0.15, 0.2) is 18.2 Å². The number of nitrogens with one attached hydrogen (secondary N) is 1. The Morgan fingerprint density at radius 2 is 2.20 bits per heavy atom. The van der Waals surface area contributed by atoms with Crippen LogP contribution in [0, 0.1) is 24.6 Å². The number of carbonyl (C=O) groups excluding carboxylic acids is 1. The van der Waals surface area contributed by atoms with Crippen LogP contribution in [-0.2, 0) is 4.79 Å². The molecular formula is C12H14FNO. The average molecular weight is 207 g/mol. The molecule has 1 aliphatic carbocycles. The summed E-state index contributed by atoms with van der Waals surface area (Å²) in [4.78, 5) is 11.6. The second-order valence-electron chi connectivity index (χ2n) is 4.27. The van der Waals surface area contributed by atoms with Gasteiger partial charge in [0.05, 0.1) is 0 Å². The van der Waals surface area contributed by atoms with Crippen LogP contribution in [0.3, 0.4) is 0 Å². The van der Waals surface area contributed by atoms with E-state index in [0.29, 0.717) is 11.6 Å². The molecule has 2 atom stereocenters. The monoisotopic (exact) mass is 207 g/mol. The molecule has 1 aromatic rings. The molecule has 0 aromatic heterocycles. The third-order valence-electron chi connectivity index (χ3n) is 2.89. The van der Waals surface area contributed by atoms with Crippen molar-refractivity contribution < 1.29 is 9.18 Å². The van der Waals surface area contributed by atoms with Crippen molar-refractivity contribution >= 4 is 11.6 Å². The highest BCUT2D eigenvalue weighted by Crippen LogP contribution is 2.38. The number of benzene rings is 1. The van der Waals surface area contributed by atoms with E-state index in [1.807, 2.05) is 0 Å². The minimum atomic E-state index is -0.273. The lowest BCUT2D eigenvalue weighted by atomic mass is 10.2.